The van der Waals surface area contributed by atoms with Gasteiger partial charge in [-0.1, -0.05) is 30.3 Å². The second-order valence-corrected chi connectivity index (χ2v) is 7.10. The van der Waals surface area contributed by atoms with Crippen molar-refractivity contribution in [3.8, 4) is 5.75 Å². The second kappa shape index (κ2) is 8.32. The number of nitrogens with zero attached hydrogens (tertiary/aromatic N) is 1. The molecule has 2 heterocycles. The minimum absolute atomic E-state index is 0.110. The zero-order chi connectivity index (χ0) is 20.2. The normalized spacial score (nSPS) is 12.2. The van der Waals surface area contributed by atoms with Crippen LogP contribution in [0.25, 0.3) is 10.9 Å². The van der Waals surface area contributed by atoms with Crippen molar-refractivity contribution in [1.29, 1.82) is 0 Å². The Morgan fingerprint density at radius 1 is 1.14 bits per heavy atom. The average Bonchev–Trinajstić information content (AvgIpc) is 3.13. The zero-order valence-electron chi connectivity index (χ0n) is 16.5. The molecule has 6 heteroatoms. The molecular formula is C23H24N4O2. The second-order valence-electron chi connectivity index (χ2n) is 7.10. The Bertz CT molecular complexity index is 1180. The van der Waals surface area contributed by atoms with E-state index in [4.69, 9.17) is 4.74 Å². The van der Waals surface area contributed by atoms with Gasteiger partial charge in [-0.15, -0.1) is 0 Å². The van der Waals surface area contributed by atoms with Gasteiger partial charge in [-0.3, -0.25) is 4.79 Å². The van der Waals surface area contributed by atoms with Crippen molar-refractivity contribution < 1.29 is 4.74 Å². The van der Waals surface area contributed by atoms with Crippen molar-refractivity contribution in [2.45, 2.75) is 25.9 Å². The maximum absolute atomic E-state index is 12.0. The van der Waals surface area contributed by atoms with Crippen molar-refractivity contribution in [2.75, 3.05) is 7.11 Å². The number of nitrogens with one attached hydrogen (secondary N) is 3. The van der Waals surface area contributed by atoms with Gasteiger partial charge in [-0.2, -0.15) is 0 Å². The van der Waals surface area contributed by atoms with E-state index >= 15 is 0 Å². The minimum Gasteiger partial charge on any atom is -0.497 e. The molecule has 0 aliphatic heterocycles. The number of ether oxygens (including phenoxy) is 1. The predicted molar refractivity (Wildman–Crippen MR) is 114 cm³/mol. The maximum Gasteiger partial charge on any atom is 0.251 e. The number of aromatic amines is 2. The summed E-state index contributed by atoms with van der Waals surface area (Å²) in [5.41, 5.74) is 3.99. The smallest absolute Gasteiger partial charge is 0.251 e. The van der Waals surface area contributed by atoms with Crippen LogP contribution in [0.15, 0.2) is 65.6 Å². The quantitative estimate of drug-likeness (QED) is 0.451. The van der Waals surface area contributed by atoms with Crippen LogP contribution in [0, 0.1) is 6.92 Å². The summed E-state index contributed by atoms with van der Waals surface area (Å²) in [6.45, 7) is 2.44. The summed E-state index contributed by atoms with van der Waals surface area (Å²) in [6, 6.07) is 17.6. The first-order chi connectivity index (χ1) is 14.1. The molecule has 0 fully saturated rings. The number of hydrogen-bond donors (Lipinski definition) is 3. The summed E-state index contributed by atoms with van der Waals surface area (Å²) in [5, 5.41) is 4.76. The third-order valence-corrected chi connectivity index (χ3v) is 5.02. The van der Waals surface area contributed by atoms with Crippen LogP contribution in [0.1, 0.15) is 28.7 Å². The SMILES string of the molecule is COc1cccc(CNC(Cc2c[nH]c3ccccc23)c2cc(=O)[nH]c(C)n2)c1. The number of para-hydroxylation sites is 1. The van der Waals surface area contributed by atoms with Gasteiger partial charge in [-0.25, -0.2) is 4.98 Å². The molecule has 0 saturated carbocycles. The van der Waals surface area contributed by atoms with E-state index in [0.717, 1.165) is 22.5 Å². The Morgan fingerprint density at radius 2 is 2.00 bits per heavy atom. The fourth-order valence-corrected chi connectivity index (χ4v) is 3.61. The molecule has 2 aromatic heterocycles. The number of H-pyrrole nitrogens is 2. The monoisotopic (exact) mass is 388 g/mol. The minimum atomic E-state index is -0.139. The van der Waals surface area contributed by atoms with Crippen LogP contribution in [0.5, 0.6) is 5.75 Å². The molecule has 1 atom stereocenters. The van der Waals surface area contributed by atoms with Crippen molar-refractivity contribution in [3.05, 3.63) is 93.8 Å². The van der Waals surface area contributed by atoms with Crippen LogP contribution in [0.2, 0.25) is 0 Å². The predicted octanol–water partition coefficient (Wildman–Crippen LogP) is 3.64. The third kappa shape index (κ3) is 4.38. The number of benzene rings is 2. The molecule has 0 aliphatic carbocycles. The Balaban J connectivity index is 1.64. The number of fused-ring (bicyclic) bond motifs is 1. The molecule has 3 N–H and O–H groups in total. The summed E-state index contributed by atoms with van der Waals surface area (Å²) >= 11 is 0. The lowest BCUT2D eigenvalue weighted by Gasteiger charge is -2.19. The van der Waals surface area contributed by atoms with Crippen LogP contribution in [0.4, 0.5) is 0 Å². The summed E-state index contributed by atoms with van der Waals surface area (Å²) < 4.78 is 5.32. The fourth-order valence-electron chi connectivity index (χ4n) is 3.61. The molecule has 4 rings (SSSR count). The maximum atomic E-state index is 12.0. The van der Waals surface area contributed by atoms with Gasteiger partial charge in [0.2, 0.25) is 0 Å². The molecule has 29 heavy (non-hydrogen) atoms. The Hall–Kier alpha value is -3.38. The molecule has 0 spiro atoms. The molecule has 0 bridgehead atoms. The van der Waals surface area contributed by atoms with Crippen molar-refractivity contribution >= 4 is 10.9 Å². The van der Waals surface area contributed by atoms with Gasteiger partial charge >= 0.3 is 0 Å². The molecule has 0 amide bonds. The van der Waals surface area contributed by atoms with Crippen molar-refractivity contribution in [3.63, 3.8) is 0 Å². The number of rotatable bonds is 7. The number of methoxy groups -OCH3 is 1. The molecular weight excluding hydrogens is 364 g/mol. The van der Waals surface area contributed by atoms with Crippen LogP contribution in [-0.2, 0) is 13.0 Å². The number of aromatic nitrogens is 3. The number of aryl methyl sites for hydroxylation is 1. The lowest BCUT2D eigenvalue weighted by molar-refractivity contribution is 0.413. The summed E-state index contributed by atoms with van der Waals surface area (Å²) in [5.74, 6) is 1.43. The molecule has 0 aliphatic rings. The van der Waals surface area contributed by atoms with Gasteiger partial charge < -0.3 is 20.0 Å². The van der Waals surface area contributed by atoms with Crippen LogP contribution >= 0.6 is 0 Å². The van der Waals surface area contributed by atoms with E-state index in [-0.39, 0.29) is 11.6 Å². The van der Waals surface area contributed by atoms with Gasteiger partial charge in [0.25, 0.3) is 5.56 Å². The van der Waals surface area contributed by atoms with E-state index in [0.29, 0.717) is 18.8 Å². The summed E-state index contributed by atoms with van der Waals surface area (Å²) in [6.07, 6.45) is 2.74. The molecule has 4 aromatic rings. The lowest BCUT2D eigenvalue weighted by Crippen LogP contribution is -2.26. The Morgan fingerprint density at radius 3 is 2.83 bits per heavy atom. The first-order valence-electron chi connectivity index (χ1n) is 9.61. The Labute approximate surface area is 169 Å². The van der Waals surface area contributed by atoms with Gasteiger partial charge in [0, 0.05) is 29.7 Å². The molecule has 0 radical (unpaired) electrons. The van der Waals surface area contributed by atoms with Gasteiger partial charge in [0.1, 0.15) is 11.6 Å². The van der Waals surface area contributed by atoms with Crippen LogP contribution in [-0.4, -0.2) is 22.1 Å². The molecule has 2 aromatic carbocycles. The lowest BCUT2D eigenvalue weighted by atomic mass is 10.0. The van der Waals surface area contributed by atoms with Gasteiger partial charge in [0.15, 0.2) is 0 Å². The van der Waals surface area contributed by atoms with E-state index in [2.05, 4.69) is 38.5 Å². The summed E-state index contributed by atoms with van der Waals surface area (Å²) in [7, 11) is 1.66. The third-order valence-electron chi connectivity index (χ3n) is 5.02. The molecule has 6 nitrogen and oxygen atoms in total. The highest BCUT2D eigenvalue weighted by Crippen LogP contribution is 2.24. The Kier molecular flexibility index (Phi) is 5.44. The first kappa shape index (κ1) is 19.0. The fraction of sp³-hybridized carbons (Fsp3) is 0.217. The van der Waals surface area contributed by atoms with E-state index in [1.165, 1.54) is 10.9 Å². The molecule has 0 saturated heterocycles. The van der Waals surface area contributed by atoms with E-state index in [1.807, 2.05) is 36.5 Å². The van der Waals surface area contributed by atoms with E-state index < -0.39 is 0 Å². The van der Waals surface area contributed by atoms with Crippen molar-refractivity contribution in [1.82, 2.24) is 20.3 Å². The van der Waals surface area contributed by atoms with E-state index in [1.54, 1.807) is 20.1 Å². The van der Waals surface area contributed by atoms with Crippen LogP contribution in [0.3, 0.4) is 0 Å². The highest BCUT2D eigenvalue weighted by molar-refractivity contribution is 5.83. The topological polar surface area (TPSA) is 82.8 Å². The average molecular weight is 388 g/mol. The van der Waals surface area contributed by atoms with Crippen LogP contribution < -0.4 is 15.6 Å². The molecule has 148 valence electrons. The standard InChI is InChI=1S/C23H24N4O2/c1-15-26-22(12-23(28)27-15)21(24-13-16-6-5-7-18(10-16)29-2)11-17-14-25-20-9-4-3-8-19(17)20/h3-10,12,14,21,24-25H,11,13H2,1-2H3,(H,26,27,28). The van der Waals surface area contributed by atoms with Gasteiger partial charge in [0.05, 0.1) is 18.8 Å². The largest absolute Gasteiger partial charge is 0.497 e. The summed E-state index contributed by atoms with van der Waals surface area (Å²) in [4.78, 5) is 22.7. The highest BCUT2D eigenvalue weighted by atomic mass is 16.5. The molecule has 1 unspecified atom stereocenters. The van der Waals surface area contributed by atoms with Gasteiger partial charge in [-0.05, 0) is 42.7 Å². The number of hydrogen-bond acceptors (Lipinski definition) is 4. The van der Waals surface area contributed by atoms with Crippen molar-refractivity contribution in [2.24, 2.45) is 0 Å². The zero-order valence-corrected chi connectivity index (χ0v) is 16.5. The highest BCUT2D eigenvalue weighted by Gasteiger charge is 2.17. The van der Waals surface area contributed by atoms with E-state index in [9.17, 15) is 4.79 Å². The first-order valence-corrected chi connectivity index (χ1v) is 9.61.